The maximum absolute atomic E-state index is 4.39. The smallest absolute Gasteiger partial charge is 0.222 e. The number of halogens is 1. The molecular formula is C14H16IN5. The van der Waals surface area contributed by atoms with E-state index in [1.165, 1.54) is 0 Å². The average molecular weight is 381 g/mol. The number of pyridine rings is 1. The normalized spacial score (nSPS) is 21.6. The number of hydrogen-bond donors (Lipinski definition) is 2. The first-order valence-electron chi connectivity index (χ1n) is 6.71. The van der Waals surface area contributed by atoms with Gasteiger partial charge < -0.3 is 10.6 Å². The lowest BCUT2D eigenvalue weighted by Crippen LogP contribution is -2.21. The molecule has 5 nitrogen and oxygen atoms in total. The molecule has 2 atom stereocenters. The van der Waals surface area contributed by atoms with E-state index in [4.69, 9.17) is 0 Å². The topological polar surface area (TPSA) is 62.7 Å². The van der Waals surface area contributed by atoms with Crippen LogP contribution in [-0.2, 0) is 0 Å². The van der Waals surface area contributed by atoms with Gasteiger partial charge in [0, 0.05) is 34.2 Å². The Morgan fingerprint density at radius 3 is 2.45 bits per heavy atom. The van der Waals surface area contributed by atoms with E-state index in [0.717, 1.165) is 28.7 Å². The van der Waals surface area contributed by atoms with Gasteiger partial charge in [-0.2, -0.15) is 0 Å². The van der Waals surface area contributed by atoms with Gasteiger partial charge in [-0.1, -0.05) is 0 Å². The summed E-state index contributed by atoms with van der Waals surface area (Å²) in [4.78, 5) is 12.8. The van der Waals surface area contributed by atoms with Crippen LogP contribution >= 0.6 is 22.6 Å². The minimum absolute atomic E-state index is 0.429. The molecule has 0 radical (unpaired) electrons. The molecule has 0 aliphatic heterocycles. The summed E-state index contributed by atoms with van der Waals surface area (Å²) >= 11 is 2.26. The van der Waals surface area contributed by atoms with Crippen LogP contribution < -0.4 is 10.6 Å². The Morgan fingerprint density at radius 2 is 1.75 bits per heavy atom. The van der Waals surface area contributed by atoms with E-state index >= 15 is 0 Å². The molecule has 2 aromatic heterocycles. The lowest BCUT2D eigenvalue weighted by Gasteiger charge is -2.15. The van der Waals surface area contributed by atoms with E-state index < -0.39 is 0 Å². The van der Waals surface area contributed by atoms with Crippen molar-refractivity contribution in [3.63, 3.8) is 0 Å². The first-order valence-corrected chi connectivity index (χ1v) is 7.79. The van der Waals surface area contributed by atoms with Crippen molar-refractivity contribution in [1.82, 2.24) is 15.0 Å². The molecule has 20 heavy (non-hydrogen) atoms. The summed E-state index contributed by atoms with van der Waals surface area (Å²) in [6.45, 7) is 0. The van der Waals surface area contributed by atoms with Crippen LogP contribution in [0.3, 0.4) is 0 Å². The molecule has 0 saturated heterocycles. The van der Waals surface area contributed by atoms with Gasteiger partial charge in [-0.3, -0.25) is 0 Å². The standard InChI is InChI=1S/C14H16IN5/c15-10-2-5-13(18-9-10)19-11-3-4-12(8-11)20-14-16-6-1-7-17-14/h1-2,5-7,9,11-12H,3-4,8H2,(H,18,19)(H,16,17,20)/t11-,12-/m0/s1. The van der Waals surface area contributed by atoms with Crippen molar-refractivity contribution in [2.24, 2.45) is 0 Å². The highest BCUT2D eigenvalue weighted by atomic mass is 127. The van der Waals surface area contributed by atoms with Crippen molar-refractivity contribution >= 4 is 34.4 Å². The number of rotatable bonds is 4. The largest absolute Gasteiger partial charge is 0.367 e. The van der Waals surface area contributed by atoms with E-state index in [1.54, 1.807) is 12.4 Å². The third kappa shape index (κ3) is 3.56. The second-order valence-corrected chi connectivity index (χ2v) is 6.18. The number of aromatic nitrogens is 3. The summed E-state index contributed by atoms with van der Waals surface area (Å²) in [7, 11) is 0. The number of nitrogens with one attached hydrogen (secondary N) is 2. The Kier molecular flexibility index (Phi) is 4.29. The van der Waals surface area contributed by atoms with Gasteiger partial charge >= 0.3 is 0 Å². The molecule has 2 aromatic rings. The molecule has 1 aliphatic carbocycles. The van der Waals surface area contributed by atoms with E-state index in [9.17, 15) is 0 Å². The highest BCUT2D eigenvalue weighted by Crippen LogP contribution is 2.24. The molecular weight excluding hydrogens is 365 g/mol. The summed E-state index contributed by atoms with van der Waals surface area (Å²) in [6.07, 6.45) is 8.72. The average Bonchev–Trinajstić information content (AvgIpc) is 2.90. The molecule has 6 heteroatoms. The minimum atomic E-state index is 0.429. The summed E-state index contributed by atoms with van der Waals surface area (Å²) in [5, 5.41) is 6.87. The number of anilines is 2. The lowest BCUT2D eigenvalue weighted by atomic mass is 10.2. The third-order valence-electron chi connectivity index (χ3n) is 3.41. The highest BCUT2D eigenvalue weighted by Gasteiger charge is 2.25. The van der Waals surface area contributed by atoms with Gasteiger partial charge in [0.15, 0.2) is 0 Å². The zero-order valence-electron chi connectivity index (χ0n) is 11.0. The van der Waals surface area contributed by atoms with E-state index in [1.807, 2.05) is 18.3 Å². The summed E-state index contributed by atoms with van der Waals surface area (Å²) in [6, 6.07) is 6.82. The molecule has 0 aromatic carbocycles. The number of hydrogen-bond acceptors (Lipinski definition) is 5. The monoisotopic (exact) mass is 381 g/mol. The van der Waals surface area contributed by atoms with Gasteiger partial charge in [0.05, 0.1) is 0 Å². The lowest BCUT2D eigenvalue weighted by molar-refractivity contribution is 0.716. The number of nitrogens with zero attached hydrogens (tertiary/aromatic N) is 3. The zero-order chi connectivity index (χ0) is 13.8. The molecule has 1 saturated carbocycles. The molecule has 0 bridgehead atoms. The maximum Gasteiger partial charge on any atom is 0.222 e. The molecule has 0 amide bonds. The molecule has 0 unspecified atom stereocenters. The zero-order valence-corrected chi connectivity index (χ0v) is 13.1. The van der Waals surface area contributed by atoms with Gasteiger partial charge in [-0.15, -0.1) is 0 Å². The van der Waals surface area contributed by atoms with Gasteiger partial charge in [0.2, 0.25) is 5.95 Å². The first kappa shape index (κ1) is 13.5. The second-order valence-electron chi connectivity index (χ2n) is 4.93. The Labute approximate surface area is 131 Å². The quantitative estimate of drug-likeness (QED) is 0.798. The Balaban J connectivity index is 1.53. The predicted octanol–water partition coefficient (Wildman–Crippen LogP) is 2.92. The molecule has 0 spiro atoms. The summed E-state index contributed by atoms with van der Waals surface area (Å²) < 4.78 is 1.15. The third-order valence-corrected chi connectivity index (χ3v) is 4.05. The van der Waals surface area contributed by atoms with Crippen LogP contribution in [0.15, 0.2) is 36.8 Å². The van der Waals surface area contributed by atoms with E-state index in [-0.39, 0.29) is 0 Å². The van der Waals surface area contributed by atoms with Gasteiger partial charge in [-0.05, 0) is 60.1 Å². The highest BCUT2D eigenvalue weighted by molar-refractivity contribution is 14.1. The van der Waals surface area contributed by atoms with Crippen LogP contribution in [0.25, 0.3) is 0 Å². The summed E-state index contributed by atoms with van der Waals surface area (Å²) in [5.41, 5.74) is 0. The van der Waals surface area contributed by atoms with Gasteiger partial charge in [0.1, 0.15) is 5.82 Å². The molecule has 2 N–H and O–H groups in total. The fourth-order valence-corrected chi connectivity index (χ4v) is 2.79. The van der Waals surface area contributed by atoms with Crippen LogP contribution in [0.4, 0.5) is 11.8 Å². The van der Waals surface area contributed by atoms with Crippen molar-refractivity contribution in [2.75, 3.05) is 10.6 Å². The van der Waals surface area contributed by atoms with E-state index in [2.05, 4.69) is 54.2 Å². The van der Waals surface area contributed by atoms with Gasteiger partial charge in [-0.25, -0.2) is 15.0 Å². The van der Waals surface area contributed by atoms with Crippen LogP contribution in [-0.4, -0.2) is 27.0 Å². The first-order chi connectivity index (χ1) is 9.79. The Hall–Kier alpha value is -1.44. The van der Waals surface area contributed by atoms with Crippen LogP contribution in [0.2, 0.25) is 0 Å². The Morgan fingerprint density at radius 1 is 1.00 bits per heavy atom. The summed E-state index contributed by atoms with van der Waals surface area (Å²) in [5.74, 6) is 1.66. The fraction of sp³-hybridized carbons (Fsp3) is 0.357. The second kappa shape index (κ2) is 6.34. The van der Waals surface area contributed by atoms with Gasteiger partial charge in [0.25, 0.3) is 0 Å². The molecule has 104 valence electrons. The minimum Gasteiger partial charge on any atom is -0.367 e. The van der Waals surface area contributed by atoms with Crippen LogP contribution in [0.1, 0.15) is 19.3 Å². The molecule has 3 rings (SSSR count). The SMILES string of the molecule is Ic1ccc(N[C@H]2CC[C@H](Nc3ncccn3)C2)nc1. The Bertz CT molecular complexity index is 545. The van der Waals surface area contributed by atoms with Crippen molar-refractivity contribution in [1.29, 1.82) is 0 Å². The fourth-order valence-electron chi connectivity index (χ4n) is 2.47. The molecule has 1 aliphatic rings. The maximum atomic E-state index is 4.39. The molecule has 1 fully saturated rings. The van der Waals surface area contributed by atoms with Crippen molar-refractivity contribution < 1.29 is 0 Å². The van der Waals surface area contributed by atoms with Crippen LogP contribution in [0, 0.1) is 3.57 Å². The van der Waals surface area contributed by atoms with Crippen molar-refractivity contribution in [3.8, 4) is 0 Å². The van der Waals surface area contributed by atoms with E-state index in [0.29, 0.717) is 18.0 Å². The van der Waals surface area contributed by atoms with Crippen LogP contribution in [0.5, 0.6) is 0 Å². The predicted molar refractivity (Wildman–Crippen MR) is 87.7 cm³/mol. The van der Waals surface area contributed by atoms with Crippen molar-refractivity contribution in [2.45, 2.75) is 31.3 Å². The van der Waals surface area contributed by atoms with Crippen molar-refractivity contribution in [3.05, 3.63) is 40.4 Å². The molecule has 2 heterocycles.